The lowest BCUT2D eigenvalue weighted by molar-refractivity contribution is 0.102. The Morgan fingerprint density at radius 1 is 0.833 bits per heavy atom. The maximum absolute atomic E-state index is 12.3. The summed E-state index contributed by atoms with van der Waals surface area (Å²) in [6, 6.07) is 25.3. The largest absolute Gasteiger partial charge is 0.305 e. The van der Waals surface area contributed by atoms with Crippen molar-refractivity contribution >= 4 is 22.6 Å². The molecule has 4 nitrogen and oxygen atoms in total. The van der Waals surface area contributed by atoms with E-state index < -0.39 is 0 Å². The zero-order valence-corrected chi connectivity index (χ0v) is 12.9. The minimum Gasteiger partial charge on any atom is -0.305 e. The fourth-order valence-corrected chi connectivity index (χ4v) is 2.69. The fraction of sp³-hybridized carbons (Fsp3) is 0. The zero-order chi connectivity index (χ0) is 16.4. The summed E-state index contributed by atoms with van der Waals surface area (Å²) < 4.78 is 0. The average molecular weight is 313 g/mol. The molecule has 0 saturated carbocycles. The molecule has 1 heterocycles. The van der Waals surface area contributed by atoms with E-state index in [-0.39, 0.29) is 5.91 Å². The van der Waals surface area contributed by atoms with E-state index in [2.05, 4.69) is 27.6 Å². The van der Waals surface area contributed by atoms with E-state index in [0.29, 0.717) is 11.4 Å². The van der Waals surface area contributed by atoms with E-state index in [4.69, 9.17) is 0 Å². The van der Waals surface area contributed by atoms with Crippen LogP contribution in [-0.4, -0.2) is 16.1 Å². The van der Waals surface area contributed by atoms with E-state index >= 15 is 0 Å². The molecule has 1 aromatic heterocycles. The van der Waals surface area contributed by atoms with Gasteiger partial charge in [-0.1, -0.05) is 54.6 Å². The minimum absolute atomic E-state index is 0.172. The molecule has 116 valence electrons. The first-order valence-corrected chi connectivity index (χ1v) is 7.71. The van der Waals surface area contributed by atoms with Crippen LogP contribution < -0.4 is 5.32 Å². The van der Waals surface area contributed by atoms with Crippen molar-refractivity contribution in [2.24, 2.45) is 0 Å². The molecule has 0 saturated heterocycles. The number of aromatic nitrogens is 2. The molecule has 0 unspecified atom stereocenters. The molecular formula is C20H15N3O. The van der Waals surface area contributed by atoms with Crippen LogP contribution in [0.15, 0.2) is 78.9 Å². The topological polar surface area (TPSA) is 57.8 Å². The Morgan fingerprint density at radius 3 is 2.29 bits per heavy atom. The number of H-pyrrole nitrogens is 1. The number of carbonyl (C=O) groups is 1. The number of amides is 1. The van der Waals surface area contributed by atoms with E-state index in [0.717, 1.165) is 22.0 Å². The van der Waals surface area contributed by atoms with Crippen molar-refractivity contribution in [2.45, 2.75) is 0 Å². The van der Waals surface area contributed by atoms with Crippen LogP contribution in [0.3, 0.4) is 0 Å². The summed E-state index contributed by atoms with van der Waals surface area (Å²) in [5.74, 6) is 0.366. The predicted octanol–water partition coefficient (Wildman–Crippen LogP) is 4.48. The maximum Gasteiger partial charge on any atom is 0.256 e. The summed E-state index contributed by atoms with van der Waals surface area (Å²) in [5.41, 5.74) is 3.70. The van der Waals surface area contributed by atoms with Gasteiger partial charge in [0, 0.05) is 10.9 Å². The first-order chi connectivity index (χ1) is 11.8. The number of aromatic amines is 1. The molecule has 1 amide bonds. The van der Waals surface area contributed by atoms with Gasteiger partial charge in [-0.15, -0.1) is 0 Å². The van der Waals surface area contributed by atoms with Gasteiger partial charge >= 0.3 is 0 Å². The monoisotopic (exact) mass is 313 g/mol. The SMILES string of the molecule is O=C(Nc1n[nH]c2ccc(-c3ccccc3)cc12)c1ccccc1. The van der Waals surface area contributed by atoms with Gasteiger partial charge in [0.25, 0.3) is 5.91 Å². The van der Waals surface area contributed by atoms with Crippen LogP contribution in [0.2, 0.25) is 0 Å². The van der Waals surface area contributed by atoms with Gasteiger partial charge in [-0.2, -0.15) is 5.10 Å². The van der Waals surface area contributed by atoms with Gasteiger partial charge in [0.15, 0.2) is 5.82 Å². The molecule has 3 aromatic carbocycles. The molecule has 4 aromatic rings. The molecule has 4 rings (SSSR count). The van der Waals surface area contributed by atoms with Gasteiger partial charge in [-0.25, -0.2) is 0 Å². The van der Waals surface area contributed by atoms with Crippen molar-refractivity contribution in [3.05, 3.63) is 84.4 Å². The number of nitrogens with one attached hydrogen (secondary N) is 2. The smallest absolute Gasteiger partial charge is 0.256 e. The molecule has 0 bridgehead atoms. The number of anilines is 1. The Morgan fingerprint density at radius 2 is 1.54 bits per heavy atom. The van der Waals surface area contributed by atoms with Gasteiger partial charge in [-0.05, 0) is 35.4 Å². The van der Waals surface area contributed by atoms with Crippen molar-refractivity contribution in [2.75, 3.05) is 5.32 Å². The van der Waals surface area contributed by atoms with Gasteiger partial charge in [0.2, 0.25) is 0 Å². The lowest BCUT2D eigenvalue weighted by atomic mass is 10.0. The second-order valence-electron chi connectivity index (χ2n) is 5.52. The molecule has 0 spiro atoms. The van der Waals surface area contributed by atoms with Crippen LogP contribution in [0, 0.1) is 0 Å². The molecule has 4 heteroatoms. The number of hydrogen-bond acceptors (Lipinski definition) is 2. The highest BCUT2D eigenvalue weighted by atomic mass is 16.1. The van der Waals surface area contributed by atoms with Gasteiger partial charge in [-0.3, -0.25) is 9.89 Å². The lowest BCUT2D eigenvalue weighted by Gasteiger charge is -2.04. The van der Waals surface area contributed by atoms with Crippen LogP contribution in [0.25, 0.3) is 22.0 Å². The molecule has 0 fully saturated rings. The highest BCUT2D eigenvalue weighted by Gasteiger charge is 2.11. The lowest BCUT2D eigenvalue weighted by Crippen LogP contribution is -2.12. The van der Waals surface area contributed by atoms with Crippen molar-refractivity contribution in [3.63, 3.8) is 0 Å². The number of rotatable bonds is 3. The van der Waals surface area contributed by atoms with Crippen LogP contribution in [0.1, 0.15) is 10.4 Å². The normalized spacial score (nSPS) is 10.7. The Bertz CT molecular complexity index is 991. The Hall–Kier alpha value is -3.40. The number of nitrogens with zero attached hydrogens (tertiary/aromatic N) is 1. The molecule has 0 atom stereocenters. The first-order valence-electron chi connectivity index (χ1n) is 7.71. The minimum atomic E-state index is -0.172. The second-order valence-corrected chi connectivity index (χ2v) is 5.52. The predicted molar refractivity (Wildman–Crippen MR) is 95.9 cm³/mol. The van der Waals surface area contributed by atoms with Crippen LogP contribution in [0.5, 0.6) is 0 Å². The Kier molecular flexibility index (Phi) is 3.56. The van der Waals surface area contributed by atoms with Crippen LogP contribution in [-0.2, 0) is 0 Å². The molecule has 2 N–H and O–H groups in total. The van der Waals surface area contributed by atoms with Gasteiger partial charge < -0.3 is 5.32 Å². The summed E-state index contributed by atoms with van der Waals surface area (Å²) in [7, 11) is 0. The van der Waals surface area contributed by atoms with E-state index in [1.807, 2.05) is 54.6 Å². The summed E-state index contributed by atoms with van der Waals surface area (Å²) in [6.07, 6.45) is 0. The number of hydrogen-bond donors (Lipinski definition) is 2. The Balaban J connectivity index is 1.70. The molecular weight excluding hydrogens is 298 g/mol. The Labute approximate surface area is 139 Å². The van der Waals surface area contributed by atoms with E-state index in [9.17, 15) is 4.79 Å². The summed E-state index contributed by atoms with van der Waals surface area (Å²) >= 11 is 0. The highest BCUT2D eigenvalue weighted by Crippen LogP contribution is 2.27. The third kappa shape index (κ3) is 2.65. The quantitative estimate of drug-likeness (QED) is 0.586. The maximum atomic E-state index is 12.3. The fourth-order valence-electron chi connectivity index (χ4n) is 2.69. The summed E-state index contributed by atoms with van der Waals surface area (Å²) in [6.45, 7) is 0. The van der Waals surface area contributed by atoms with Gasteiger partial charge in [0.1, 0.15) is 0 Å². The number of fused-ring (bicyclic) bond motifs is 1. The third-order valence-corrected chi connectivity index (χ3v) is 3.94. The summed E-state index contributed by atoms with van der Waals surface area (Å²) in [5, 5.41) is 11.0. The number of carbonyl (C=O) groups excluding carboxylic acids is 1. The zero-order valence-electron chi connectivity index (χ0n) is 12.9. The first kappa shape index (κ1) is 14.2. The third-order valence-electron chi connectivity index (χ3n) is 3.94. The van der Waals surface area contributed by atoms with Crippen molar-refractivity contribution < 1.29 is 4.79 Å². The van der Waals surface area contributed by atoms with Crippen molar-refractivity contribution in [1.82, 2.24) is 10.2 Å². The standard InChI is InChI=1S/C20H15N3O/c24-20(15-9-5-2-6-10-15)21-19-17-13-16(11-12-18(17)22-23-19)14-7-3-1-4-8-14/h1-13H,(H2,21,22,23,24). The van der Waals surface area contributed by atoms with Crippen molar-refractivity contribution in [3.8, 4) is 11.1 Å². The highest BCUT2D eigenvalue weighted by molar-refractivity contribution is 6.08. The average Bonchev–Trinajstić information content (AvgIpc) is 3.05. The van der Waals surface area contributed by atoms with Crippen LogP contribution >= 0.6 is 0 Å². The number of benzene rings is 3. The molecule has 0 radical (unpaired) electrons. The summed E-state index contributed by atoms with van der Waals surface area (Å²) in [4.78, 5) is 12.3. The molecule has 24 heavy (non-hydrogen) atoms. The van der Waals surface area contributed by atoms with Crippen molar-refractivity contribution in [1.29, 1.82) is 0 Å². The van der Waals surface area contributed by atoms with Crippen LogP contribution in [0.4, 0.5) is 5.82 Å². The van der Waals surface area contributed by atoms with E-state index in [1.165, 1.54) is 0 Å². The van der Waals surface area contributed by atoms with Gasteiger partial charge in [0.05, 0.1) is 5.52 Å². The molecule has 0 aliphatic heterocycles. The second kappa shape index (κ2) is 6.01. The van der Waals surface area contributed by atoms with E-state index in [1.54, 1.807) is 12.1 Å². The molecule has 0 aliphatic carbocycles. The molecule has 0 aliphatic rings.